The van der Waals surface area contributed by atoms with Gasteiger partial charge in [-0.1, -0.05) is 18.2 Å². The minimum atomic E-state index is -1.03. The van der Waals surface area contributed by atoms with Crippen LogP contribution in [-0.2, 0) is 4.79 Å². The zero-order valence-corrected chi connectivity index (χ0v) is 12.6. The number of nitrogens with zero attached hydrogens (tertiary/aromatic N) is 1. The van der Waals surface area contributed by atoms with E-state index in [9.17, 15) is 14.9 Å². The van der Waals surface area contributed by atoms with Gasteiger partial charge in [0.05, 0.1) is 12.0 Å². The highest BCUT2D eigenvalue weighted by molar-refractivity contribution is 5.90. The second-order valence-electron chi connectivity index (χ2n) is 4.89. The van der Waals surface area contributed by atoms with Crippen LogP contribution in [0.1, 0.15) is 12.5 Å². The molecule has 6 nitrogen and oxygen atoms in total. The van der Waals surface area contributed by atoms with E-state index < -0.39 is 10.9 Å². The maximum Gasteiger partial charge on any atom is 0.328 e. The molecule has 0 bridgehead atoms. The first-order chi connectivity index (χ1) is 10.9. The van der Waals surface area contributed by atoms with Gasteiger partial charge in [-0.2, -0.15) is 0 Å². The Labute approximate surface area is 132 Å². The first kappa shape index (κ1) is 16.2. The van der Waals surface area contributed by atoms with Gasteiger partial charge in [-0.3, -0.25) is 10.1 Å². The van der Waals surface area contributed by atoms with Crippen molar-refractivity contribution in [1.82, 2.24) is 0 Å². The van der Waals surface area contributed by atoms with Gasteiger partial charge < -0.3 is 9.84 Å². The molecule has 1 N–H and O–H groups in total. The summed E-state index contributed by atoms with van der Waals surface area (Å²) in [6.45, 7) is 1.69. The molecule has 2 aromatic rings. The van der Waals surface area contributed by atoms with Gasteiger partial charge in [0, 0.05) is 23.8 Å². The van der Waals surface area contributed by atoms with Crippen molar-refractivity contribution in [2.75, 3.05) is 7.11 Å². The summed E-state index contributed by atoms with van der Waals surface area (Å²) in [6.07, 6.45) is 1.11. The number of aliphatic carboxylic acids is 1. The van der Waals surface area contributed by atoms with E-state index in [1.54, 1.807) is 37.3 Å². The fraction of sp³-hybridized carbons (Fsp3) is 0.118. The van der Waals surface area contributed by atoms with E-state index >= 15 is 0 Å². The number of carbonyl (C=O) groups is 1. The first-order valence-electron chi connectivity index (χ1n) is 6.77. The number of methoxy groups -OCH3 is 1. The summed E-state index contributed by atoms with van der Waals surface area (Å²) in [5, 5.41) is 19.8. The highest BCUT2D eigenvalue weighted by Crippen LogP contribution is 2.34. The number of carboxylic acids is 1. The Kier molecular flexibility index (Phi) is 4.75. The molecule has 23 heavy (non-hydrogen) atoms. The second kappa shape index (κ2) is 6.74. The van der Waals surface area contributed by atoms with E-state index in [-0.39, 0.29) is 5.69 Å². The number of non-ortho nitro benzene ring substituents is 1. The first-order valence-corrected chi connectivity index (χ1v) is 6.77. The van der Waals surface area contributed by atoms with Crippen LogP contribution in [0.15, 0.2) is 48.5 Å². The molecule has 0 saturated heterocycles. The van der Waals surface area contributed by atoms with Crippen LogP contribution in [0, 0.1) is 10.1 Å². The van der Waals surface area contributed by atoms with E-state index in [1.165, 1.54) is 19.2 Å². The number of rotatable bonds is 5. The number of hydrogen-bond acceptors (Lipinski definition) is 4. The molecule has 118 valence electrons. The minimum absolute atomic E-state index is 0.0206. The van der Waals surface area contributed by atoms with Gasteiger partial charge in [-0.15, -0.1) is 0 Å². The number of carboxylic acid groups (broad SMARTS) is 1. The molecular formula is C17H15NO5. The Morgan fingerprint density at radius 2 is 2.00 bits per heavy atom. The van der Waals surface area contributed by atoms with E-state index in [1.807, 2.05) is 0 Å². The van der Waals surface area contributed by atoms with Gasteiger partial charge >= 0.3 is 5.97 Å². The number of hydrogen-bond donors (Lipinski definition) is 1. The number of nitro groups is 1. The lowest BCUT2D eigenvalue weighted by Gasteiger charge is -2.11. The Hall–Kier alpha value is -3.15. The van der Waals surface area contributed by atoms with Crippen LogP contribution in [0.4, 0.5) is 5.69 Å². The monoisotopic (exact) mass is 313 g/mol. The topological polar surface area (TPSA) is 89.7 Å². The van der Waals surface area contributed by atoms with Gasteiger partial charge in [0.2, 0.25) is 0 Å². The summed E-state index contributed by atoms with van der Waals surface area (Å²) >= 11 is 0. The summed E-state index contributed by atoms with van der Waals surface area (Å²) in [5.74, 6) is -0.479. The predicted octanol–water partition coefficient (Wildman–Crippen LogP) is 3.76. The molecular weight excluding hydrogens is 298 g/mol. The molecule has 0 fully saturated rings. The molecule has 0 amide bonds. The van der Waals surface area contributed by atoms with Gasteiger partial charge in [0.25, 0.3) is 5.69 Å². The molecule has 2 rings (SSSR count). The van der Waals surface area contributed by atoms with Crippen LogP contribution in [0.2, 0.25) is 0 Å². The SMILES string of the molecule is COc1ccc(/C(C)=C/C(=O)O)cc1-c1cccc([N+](=O)[O-])c1. The Morgan fingerprint density at radius 3 is 2.61 bits per heavy atom. The highest BCUT2D eigenvalue weighted by atomic mass is 16.6. The third-order valence-electron chi connectivity index (χ3n) is 3.36. The molecule has 0 aliphatic rings. The minimum Gasteiger partial charge on any atom is -0.496 e. The summed E-state index contributed by atoms with van der Waals surface area (Å²) < 4.78 is 5.31. The van der Waals surface area contributed by atoms with Crippen LogP contribution < -0.4 is 4.74 Å². The van der Waals surface area contributed by atoms with Crippen molar-refractivity contribution in [3.05, 3.63) is 64.2 Å². The van der Waals surface area contributed by atoms with Crippen LogP contribution in [-0.4, -0.2) is 23.1 Å². The number of benzene rings is 2. The molecule has 0 unspecified atom stereocenters. The smallest absolute Gasteiger partial charge is 0.328 e. The fourth-order valence-corrected chi connectivity index (χ4v) is 2.23. The van der Waals surface area contributed by atoms with Gasteiger partial charge in [-0.25, -0.2) is 4.79 Å². The maximum atomic E-state index is 10.9. The molecule has 0 aromatic heterocycles. The third-order valence-corrected chi connectivity index (χ3v) is 3.36. The fourth-order valence-electron chi connectivity index (χ4n) is 2.23. The molecule has 6 heteroatoms. The van der Waals surface area contributed by atoms with Crippen molar-refractivity contribution in [3.8, 4) is 16.9 Å². The average molecular weight is 313 g/mol. The lowest BCUT2D eigenvalue weighted by atomic mass is 9.98. The zero-order chi connectivity index (χ0) is 17.0. The molecule has 0 aliphatic carbocycles. The van der Waals surface area contributed by atoms with Crippen molar-refractivity contribution in [1.29, 1.82) is 0 Å². The molecule has 0 aliphatic heterocycles. The van der Waals surface area contributed by atoms with Crippen LogP contribution in [0.25, 0.3) is 16.7 Å². The number of ether oxygens (including phenoxy) is 1. The highest BCUT2D eigenvalue weighted by Gasteiger charge is 2.12. The molecule has 2 aromatic carbocycles. The second-order valence-corrected chi connectivity index (χ2v) is 4.89. The molecule has 0 heterocycles. The lowest BCUT2D eigenvalue weighted by molar-refractivity contribution is -0.384. The van der Waals surface area contributed by atoms with Gasteiger partial charge in [-0.05, 0) is 35.8 Å². The molecule has 0 saturated carbocycles. The van der Waals surface area contributed by atoms with Crippen LogP contribution >= 0.6 is 0 Å². The summed E-state index contributed by atoms with van der Waals surface area (Å²) in [5.41, 5.74) is 2.54. The van der Waals surface area contributed by atoms with Crippen LogP contribution in [0.5, 0.6) is 5.75 Å². The predicted molar refractivity (Wildman–Crippen MR) is 86.4 cm³/mol. The van der Waals surface area contributed by atoms with E-state index in [2.05, 4.69) is 0 Å². The summed E-state index contributed by atoms with van der Waals surface area (Å²) in [7, 11) is 1.51. The molecule has 0 spiro atoms. The summed E-state index contributed by atoms with van der Waals surface area (Å²) in [6, 6.07) is 11.4. The van der Waals surface area contributed by atoms with Crippen LogP contribution in [0.3, 0.4) is 0 Å². The van der Waals surface area contributed by atoms with Crippen molar-refractivity contribution >= 4 is 17.2 Å². The van der Waals surface area contributed by atoms with Gasteiger partial charge in [0.1, 0.15) is 5.75 Å². The normalized spacial score (nSPS) is 11.1. The Balaban J connectivity index is 2.58. The lowest BCUT2D eigenvalue weighted by Crippen LogP contribution is -1.94. The maximum absolute atomic E-state index is 10.9. The quantitative estimate of drug-likeness (QED) is 0.515. The van der Waals surface area contributed by atoms with Crippen molar-refractivity contribution in [2.45, 2.75) is 6.92 Å². The third kappa shape index (κ3) is 3.74. The largest absolute Gasteiger partial charge is 0.496 e. The molecule has 0 radical (unpaired) electrons. The Bertz CT molecular complexity index is 795. The summed E-state index contributed by atoms with van der Waals surface area (Å²) in [4.78, 5) is 21.3. The van der Waals surface area contributed by atoms with E-state index in [0.29, 0.717) is 28.0 Å². The van der Waals surface area contributed by atoms with Crippen molar-refractivity contribution in [2.24, 2.45) is 0 Å². The molecule has 0 atom stereocenters. The zero-order valence-electron chi connectivity index (χ0n) is 12.6. The van der Waals surface area contributed by atoms with Crippen molar-refractivity contribution < 1.29 is 19.6 Å². The average Bonchev–Trinajstić information content (AvgIpc) is 2.53. The van der Waals surface area contributed by atoms with E-state index in [0.717, 1.165) is 6.08 Å². The standard InChI is InChI=1S/C17H15NO5/c1-11(8-17(19)20)12-6-7-16(23-2)15(10-12)13-4-3-5-14(9-13)18(21)22/h3-10H,1-2H3,(H,19,20)/b11-8+. The Morgan fingerprint density at radius 1 is 1.26 bits per heavy atom. The van der Waals surface area contributed by atoms with Crippen molar-refractivity contribution in [3.63, 3.8) is 0 Å². The van der Waals surface area contributed by atoms with E-state index in [4.69, 9.17) is 9.84 Å². The number of nitro benzene ring substituents is 1. The number of allylic oxidation sites excluding steroid dienone is 1. The van der Waals surface area contributed by atoms with Gasteiger partial charge in [0.15, 0.2) is 0 Å².